The summed E-state index contributed by atoms with van der Waals surface area (Å²) in [6, 6.07) is 0. The van der Waals surface area contributed by atoms with Crippen LogP contribution in [0.5, 0.6) is 0 Å². The summed E-state index contributed by atoms with van der Waals surface area (Å²) in [5, 5.41) is 5.84. The van der Waals surface area contributed by atoms with Crippen molar-refractivity contribution in [2.24, 2.45) is 0 Å². The van der Waals surface area contributed by atoms with E-state index in [1.54, 1.807) is 0 Å². The van der Waals surface area contributed by atoms with E-state index in [1.165, 1.54) is 32.1 Å². The molecule has 2 rings (SSSR count). The summed E-state index contributed by atoms with van der Waals surface area (Å²) >= 11 is 0. The zero-order valence-corrected chi connectivity index (χ0v) is 29.6. The van der Waals surface area contributed by atoms with Gasteiger partial charge >= 0.3 is 5.97 Å². The Morgan fingerprint density at radius 1 is 0.721 bits per heavy atom. The van der Waals surface area contributed by atoms with Crippen LogP contribution in [0.1, 0.15) is 171 Å². The van der Waals surface area contributed by atoms with Gasteiger partial charge in [0.2, 0.25) is 0 Å². The van der Waals surface area contributed by atoms with Gasteiger partial charge in [-0.1, -0.05) is 64.9 Å². The molecule has 0 bridgehead atoms. The molecule has 0 atom stereocenters. The van der Waals surface area contributed by atoms with Gasteiger partial charge in [-0.2, -0.15) is 9.95 Å². The molecule has 0 aromatic carbocycles. The number of hydroxylamine groups is 2. The molecular weight excluding hydrogens is 540 g/mol. The Kier molecular flexibility index (Phi) is 15.5. The van der Waals surface area contributed by atoms with Crippen LogP contribution in [-0.2, 0) is 24.1 Å². The molecule has 2 heterocycles. The number of allylic oxidation sites excluding steroid dienone is 1. The summed E-state index contributed by atoms with van der Waals surface area (Å²) in [6.07, 6.45) is 17.3. The first-order valence-corrected chi connectivity index (χ1v) is 17.5. The summed E-state index contributed by atoms with van der Waals surface area (Å²) in [5.74, 6) is 0.628. The maximum atomic E-state index is 12.7. The van der Waals surface area contributed by atoms with Gasteiger partial charge in [0, 0.05) is 47.8 Å². The third-order valence-electron chi connectivity index (χ3n) is 8.86. The molecule has 2 aliphatic rings. The molecule has 0 aromatic rings. The number of rotatable bonds is 20. The van der Waals surface area contributed by atoms with E-state index in [1.807, 2.05) is 0 Å². The highest BCUT2D eigenvalue weighted by Crippen LogP contribution is 2.40. The third kappa shape index (κ3) is 14.7. The Hall–Kier alpha value is -1.15. The van der Waals surface area contributed by atoms with Gasteiger partial charge in [-0.05, 0) is 87.5 Å². The minimum Gasteiger partial charge on any atom is -0.462 e. The van der Waals surface area contributed by atoms with Crippen LogP contribution in [0.25, 0.3) is 0 Å². The lowest BCUT2D eigenvalue weighted by molar-refractivity contribution is -0.307. The molecule has 2 fully saturated rings. The lowest BCUT2D eigenvalue weighted by Crippen LogP contribution is -2.62. The Bertz CT molecular complexity index is 803. The molecule has 0 unspecified atom stereocenters. The van der Waals surface area contributed by atoms with Gasteiger partial charge in [0.15, 0.2) is 0 Å². The van der Waals surface area contributed by atoms with Gasteiger partial charge in [-0.25, -0.2) is 0 Å². The van der Waals surface area contributed by atoms with Crippen molar-refractivity contribution in [3.8, 4) is 0 Å². The lowest BCUT2D eigenvalue weighted by Gasteiger charge is -2.53. The molecule has 2 saturated heterocycles. The van der Waals surface area contributed by atoms with E-state index in [2.05, 4.69) is 79.3 Å². The first-order valence-electron chi connectivity index (χ1n) is 17.5. The second-order valence-corrected chi connectivity index (χ2v) is 15.9. The fraction of sp³-hybridized carbons (Fsp3) is 0.917. The molecule has 0 aliphatic carbocycles. The minimum atomic E-state index is -0.186. The van der Waals surface area contributed by atoms with Crippen LogP contribution in [0.3, 0.4) is 0 Å². The second kappa shape index (κ2) is 17.5. The van der Waals surface area contributed by atoms with E-state index < -0.39 is 0 Å². The SMILES string of the molecule is C=C(CCCCCCCC(=O)OC1CC(C)(C)N(OCCCCCCCC)C(C)(C)C1)OOC1CC(C)(C)NC(C)(C)C1. The maximum Gasteiger partial charge on any atom is 0.306 e. The zero-order chi connectivity index (χ0) is 32.2. The largest absolute Gasteiger partial charge is 0.462 e. The normalized spacial score (nSPS) is 21.9. The number of ether oxygens (including phenoxy) is 1. The first kappa shape index (κ1) is 38.0. The number of piperidine rings is 2. The molecule has 252 valence electrons. The van der Waals surface area contributed by atoms with Crippen LogP contribution in [0.15, 0.2) is 12.3 Å². The van der Waals surface area contributed by atoms with Crippen molar-refractivity contribution in [1.29, 1.82) is 0 Å². The van der Waals surface area contributed by atoms with Crippen molar-refractivity contribution in [2.75, 3.05) is 6.61 Å². The van der Waals surface area contributed by atoms with Crippen LogP contribution in [-0.4, -0.2) is 52.0 Å². The van der Waals surface area contributed by atoms with Crippen molar-refractivity contribution < 1.29 is 24.1 Å². The van der Waals surface area contributed by atoms with Gasteiger partial charge < -0.3 is 14.9 Å². The van der Waals surface area contributed by atoms with Crippen molar-refractivity contribution in [3.63, 3.8) is 0 Å². The van der Waals surface area contributed by atoms with E-state index in [9.17, 15) is 4.79 Å². The topological polar surface area (TPSA) is 69.3 Å². The highest BCUT2D eigenvalue weighted by molar-refractivity contribution is 5.69. The average Bonchev–Trinajstić information content (AvgIpc) is 2.85. The summed E-state index contributed by atoms with van der Waals surface area (Å²) in [7, 11) is 0. The quantitative estimate of drug-likeness (QED) is 0.0485. The Morgan fingerprint density at radius 3 is 1.81 bits per heavy atom. The predicted molar refractivity (Wildman–Crippen MR) is 176 cm³/mol. The lowest BCUT2D eigenvalue weighted by atomic mass is 9.80. The fourth-order valence-electron chi connectivity index (χ4n) is 7.48. The number of nitrogens with one attached hydrogen (secondary N) is 1. The predicted octanol–water partition coefficient (Wildman–Crippen LogP) is 9.35. The van der Waals surface area contributed by atoms with E-state index in [0.29, 0.717) is 12.2 Å². The molecule has 7 heteroatoms. The van der Waals surface area contributed by atoms with Crippen molar-refractivity contribution in [3.05, 3.63) is 12.3 Å². The van der Waals surface area contributed by atoms with Gasteiger partial charge in [-0.15, -0.1) is 0 Å². The van der Waals surface area contributed by atoms with Gasteiger partial charge in [-0.3, -0.25) is 9.63 Å². The molecule has 1 N–H and O–H groups in total. The standard InChI is InChI=1S/C36H68N2O5/c1-11-12-13-14-18-21-24-40-38-35(7,8)27-30(28-36(38,9)10)41-32(39)23-20-17-15-16-19-22-29(2)42-43-31-25-33(3,4)37-34(5,6)26-31/h30-31,37H,2,11-28H2,1,3-10H3. The van der Waals surface area contributed by atoms with Crippen LogP contribution < -0.4 is 5.32 Å². The highest BCUT2D eigenvalue weighted by atomic mass is 17.2. The first-order chi connectivity index (χ1) is 20.1. The summed E-state index contributed by atoms with van der Waals surface area (Å²) < 4.78 is 5.99. The monoisotopic (exact) mass is 609 g/mol. The van der Waals surface area contributed by atoms with Crippen LogP contribution in [0.4, 0.5) is 0 Å². The molecule has 2 aliphatic heterocycles. The van der Waals surface area contributed by atoms with Gasteiger partial charge in [0.05, 0.1) is 6.61 Å². The highest BCUT2D eigenvalue weighted by Gasteiger charge is 2.47. The number of nitrogens with zero attached hydrogens (tertiary/aromatic N) is 1. The summed E-state index contributed by atoms with van der Waals surface area (Å²) in [5.41, 5.74) is -0.325. The number of unbranched alkanes of at least 4 members (excludes halogenated alkanes) is 9. The maximum absolute atomic E-state index is 12.7. The molecule has 43 heavy (non-hydrogen) atoms. The van der Waals surface area contributed by atoms with Crippen molar-refractivity contribution >= 4 is 5.97 Å². The molecule has 0 amide bonds. The molecule has 0 aromatic heterocycles. The van der Waals surface area contributed by atoms with E-state index in [0.717, 1.165) is 77.2 Å². The van der Waals surface area contributed by atoms with Crippen molar-refractivity contribution in [2.45, 2.75) is 206 Å². The smallest absolute Gasteiger partial charge is 0.306 e. The Labute approximate surface area is 265 Å². The molecular formula is C36H68N2O5. The molecule has 0 spiro atoms. The number of carbonyl (C=O) groups excluding carboxylic acids is 1. The third-order valence-corrected chi connectivity index (χ3v) is 8.86. The van der Waals surface area contributed by atoms with Gasteiger partial charge in [0.25, 0.3) is 0 Å². The minimum absolute atomic E-state index is 0.0238. The zero-order valence-electron chi connectivity index (χ0n) is 29.6. The number of carbonyl (C=O) groups is 1. The second-order valence-electron chi connectivity index (χ2n) is 15.9. The van der Waals surface area contributed by atoms with E-state index in [-0.39, 0.29) is 40.3 Å². The van der Waals surface area contributed by atoms with E-state index >= 15 is 0 Å². The molecule has 7 nitrogen and oxygen atoms in total. The number of hydrogen-bond donors (Lipinski definition) is 1. The summed E-state index contributed by atoms with van der Waals surface area (Å²) in [4.78, 5) is 30.4. The average molecular weight is 609 g/mol. The Balaban J connectivity index is 1.56. The van der Waals surface area contributed by atoms with Gasteiger partial charge in [0.1, 0.15) is 18.0 Å². The Morgan fingerprint density at radius 2 is 1.23 bits per heavy atom. The van der Waals surface area contributed by atoms with E-state index in [4.69, 9.17) is 19.3 Å². The van der Waals surface area contributed by atoms with Crippen LogP contribution in [0, 0.1) is 0 Å². The molecule has 0 radical (unpaired) electrons. The van der Waals surface area contributed by atoms with Crippen LogP contribution >= 0.6 is 0 Å². The number of hydrogen-bond acceptors (Lipinski definition) is 7. The molecule has 0 saturated carbocycles. The van der Waals surface area contributed by atoms with Crippen molar-refractivity contribution in [1.82, 2.24) is 10.4 Å². The number of esters is 1. The van der Waals surface area contributed by atoms with Crippen LogP contribution in [0.2, 0.25) is 0 Å². The summed E-state index contributed by atoms with van der Waals surface area (Å²) in [6.45, 7) is 24.7. The fourth-order valence-corrected chi connectivity index (χ4v) is 7.48.